The van der Waals surface area contributed by atoms with Gasteiger partial charge in [-0.05, 0) is 36.8 Å². The van der Waals surface area contributed by atoms with Crippen molar-refractivity contribution < 1.29 is 4.42 Å². The Morgan fingerprint density at radius 1 is 1.31 bits per heavy atom. The minimum absolute atomic E-state index is 0.357. The van der Waals surface area contributed by atoms with Gasteiger partial charge in [-0.2, -0.15) is 0 Å². The molecular weight excluding hydrogens is 198 g/mol. The SMILES string of the molecule is Cc1ccc(CNCC(C)(C)CC(C)C)o1. The molecule has 0 aliphatic carbocycles. The second kappa shape index (κ2) is 5.53. The number of hydrogen-bond acceptors (Lipinski definition) is 2. The molecule has 0 radical (unpaired) electrons. The van der Waals surface area contributed by atoms with Crippen LogP contribution in [-0.4, -0.2) is 6.54 Å². The summed E-state index contributed by atoms with van der Waals surface area (Å²) >= 11 is 0. The number of nitrogens with one attached hydrogen (secondary N) is 1. The summed E-state index contributed by atoms with van der Waals surface area (Å²) in [6.45, 7) is 13.0. The molecule has 1 N–H and O–H groups in total. The molecule has 0 aliphatic rings. The standard InChI is InChI=1S/C14H25NO/c1-11(2)8-14(4,5)10-15-9-13-7-6-12(3)16-13/h6-7,11,15H,8-10H2,1-5H3. The number of hydrogen-bond donors (Lipinski definition) is 1. The molecule has 0 atom stereocenters. The molecule has 0 spiro atoms. The van der Waals surface area contributed by atoms with Crippen molar-refractivity contribution in [2.24, 2.45) is 11.3 Å². The molecule has 0 saturated heterocycles. The second-order valence-electron chi connectivity index (χ2n) is 5.88. The molecule has 0 aromatic carbocycles. The van der Waals surface area contributed by atoms with E-state index in [9.17, 15) is 0 Å². The number of aryl methyl sites for hydroxylation is 1. The molecule has 0 amide bonds. The van der Waals surface area contributed by atoms with Crippen molar-refractivity contribution in [1.82, 2.24) is 5.32 Å². The van der Waals surface area contributed by atoms with Crippen molar-refractivity contribution in [2.45, 2.75) is 47.6 Å². The van der Waals surface area contributed by atoms with Crippen LogP contribution in [0.3, 0.4) is 0 Å². The molecule has 2 nitrogen and oxygen atoms in total. The summed E-state index contributed by atoms with van der Waals surface area (Å²) in [7, 11) is 0. The topological polar surface area (TPSA) is 25.2 Å². The van der Waals surface area contributed by atoms with E-state index in [0.29, 0.717) is 5.41 Å². The van der Waals surface area contributed by atoms with Gasteiger partial charge < -0.3 is 9.73 Å². The first-order chi connectivity index (χ1) is 7.39. The van der Waals surface area contributed by atoms with Gasteiger partial charge in [0.25, 0.3) is 0 Å². The Hall–Kier alpha value is -0.760. The van der Waals surface area contributed by atoms with Gasteiger partial charge in [-0.3, -0.25) is 0 Å². The summed E-state index contributed by atoms with van der Waals surface area (Å²) in [6, 6.07) is 4.05. The average molecular weight is 223 g/mol. The van der Waals surface area contributed by atoms with Gasteiger partial charge in [-0.15, -0.1) is 0 Å². The van der Waals surface area contributed by atoms with Crippen LogP contribution in [0.25, 0.3) is 0 Å². The van der Waals surface area contributed by atoms with E-state index in [1.807, 2.05) is 19.1 Å². The molecule has 16 heavy (non-hydrogen) atoms. The van der Waals surface area contributed by atoms with E-state index >= 15 is 0 Å². The third-order valence-electron chi connectivity index (χ3n) is 2.66. The van der Waals surface area contributed by atoms with Gasteiger partial charge in [-0.25, -0.2) is 0 Å². The molecule has 2 heteroatoms. The quantitative estimate of drug-likeness (QED) is 0.794. The fourth-order valence-electron chi connectivity index (χ4n) is 2.28. The van der Waals surface area contributed by atoms with E-state index in [2.05, 4.69) is 33.0 Å². The molecule has 1 aromatic rings. The summed E-state index contributed by atoms with van der Waals surface area (Å²) in [5, 5.41) is 3.47. The van der Waals surface area contributed by atoms with E-state index < -0.39 is 0 Å². The van der Waals surface area contributed by atoms with Gasteiger partial charge >= 0.3 is 0 Å². The minimum Gasteiger partial charge on any atom is -0.465 e. The zero-order valence-corrected chi connectivity index (χ0v) is 11.3. The molecular formula is C14H25NO. The number of rotatable bonds is 6. The summed E-state index contributed by atoms with van der Waals surface area (Å²) in [4.78, 5) is 0. The monoisotopic (exact) mass is 223 g/mol. The van der Waals surface area contributed by atoms with Crippen molar-refractivity contribution >= 4 is 0 Å². The first-order valence-corrected chi connectivity index (χ1v) is 6.15. The highest BCUT2D eigenvalue weighted by molar-refractivity contribution is 5.05. The lowest BCUT2D eigenvalue weighted by Gasteiger charge is -2.26. The molecule has 1 heterocycles. The summed E-state index contributed by atoms with van der Waals surface area (Å²) in [6.07, 6.45) is 1.25. The van der Waals surface area contributed by atoms with E-state index in [-0.39, 0.29) is 0 Å². The van der Waals surface area contributed by atoms with Crippen molar-refractivity contribution in [3.8, 4) is 0 Å². The predicted octanol–water partition coefficient (Wildman–Crippen LogP) is 3.75. The van der Waals surface area contributed by atoms with Gasteiger partial charge in [0.1, 0.15) is 11.5 Å². The lowest BCUT2D eigenvalue weighted by atomic mass is 9.84. The molecule has 0 saturated carbocycles. The largest absolute Gasteiger partial charge is 0.465 e. The van der Waals surface area contributed by atoms with Crippen LogP contribution in [0.15, 0.2) is 16.5 Å². The van der Waals surface area contributed by atoms with Gasteiger partial charge in [0.2, 0.25) is 0 Å². The maximum absolute atomic E-state index is 5.52. The molecule has 1 aromatic heterocycles. The average Bonchev–Trinajstić information content (AvgIpc) is 2.48. The van der Waals surface area contributed by atoms with Crippen LogP contribution in [0.1, 0.15) is 45.6 Å². The van der Waals surface area contributed by atoms with Gasteiger partial charge in [-0.1, -0.05) is 27.7 Å². The van der Waals surface area contributed by atoms with Crippen LogP contribution in [0.5, 0.6) is 0 Å². The van der Waals surface area contributed by atoms with Crippen molar-refractivity contribution in [3.63, 3.8) is 0 Å². The van der Waals surface area contributed by atoms with Crippen molar-refractivity contribution in [2.75, 3.05) is 6.54 Å². The first kappa shape index (κ1) is 13.3. The fourth-order valence-corrected chi connectivity index (χ4v) is 2.28. The first-order valence-electron chi connectivity index (χ1n) is 6.15. The predicted molar refractivity (Wildman–Crippen MR) is 68.4 cm³/mol. The van der Waals surface area contributed by atoms with Crippen molar-refractivity contribution in [1.29, 1.82) is 0 Å². The zero-order chi connectivity index (χ0) is 12.2. The van der Waals surface area contributed by atoms with Gasteiger partial charge in [0, 0.05) is 6.54 Å². The Morgan fingerprint density at radius 3 is 2.50 bits per heavy atom. The summed E-state index contributed by atoms with van der Waals surface area (Å²) < 4.78 is 5.52. The number of furan rings is 1. The van der Waals surface area contributed by atoms with Crippen molar-refractivity contribution in [3.05, 3.63) is 23.7 Å². The Kier molecular flexibility index (Phi) is 4.60. The van der Waals surface area contributed by atoms with Crippen LogP contribution in [0, 0.1) is 18.3 Å². The zero-order valence-electron chi connectivity index (χ0n) is 11.3. The highest BCUT2D eigenvalue weighted by atomic mass is 16.3. The van der Waals surface area contributed by atoms with E-state index in [1.54, 1.807) is 0 Å². The lowest BCUT2D eigenvalue weighted by Crippen LogP contribution is -2.30. The normalized spacial score (nSPS) is 12.4. The highest BCUT2D eigenvalue weighted by Crippen LogP contribution is 2.24. The Morgan fingerprint density at radius 2 is 2.00 bits per heavy atom. The van der Waals surface area contributed by atoms with Gasteiger partial charge in [0.15, 0.2) is 0 Å². The van der Waals surface area contributed by atoms with Crippen LogP contribution < -0.4 is 5.32 Å². The molecule has 0 bridgehead atoms. The maximum Gasteiger partial charge on any atom is 0.117 e. The third kappa shape index (κ3) is 4.84. The fraction of sp³-hybridized carbons (Fsp3) is 0.714. The molecule has 0 fully saturated rings. The Labute approximate surface area is 99.4 Å². The molecule has 1 rings (SSSR count). The van der Waals surface area contributed by atoms with Crippen LogP contribution in [-0.2, 0) is 6.54 Å². The van der Waals surface area contributed by atoms with E-state index in [0.717, 1.165) is 30.5 Å². The Bertz CT molecular complexity index is 312. The summed E-state index contributed by atoms with van der Waals surface area (Å²) in [5.41, 5.74) is 0.357. The van der Waals surface area contributed by atoms with E-state index in [4.69, 9.17) is 4.42 Å². The third-order valence-corrected chi connectivity index (χ3v) is 2.66. The van der Waals surface area contributed by atoms with Crippen LogP contribution in [0.2, 0.25) is 0 Å². The van der Waals surface area contributed by atoms with Crippen LogP contribution >= 0.6 is 0 Å². The van der Waals surface area contributed by atoms with Crippen LogP contribution in [0.4, 0.5) is 0 Å². The minimum atomic E-state index is 0.357. The maximum atomic E-state index is 5.52. The second-order valence-corrected chi connectivity index (χ2v) is 5.88. The van der Waals surface area contributed by atoms with E-state index in [1.165, 1.54) is 6.42 Å². The lowest BCUT2D eigenvalue weighted by molar-refractivity contribution is 0.269. The summed E-state index contributed by atoms with van der Waals surface area (Å²) in [5.74, 6) is 2.76. The van der Waals surface area contributed by atoms with Gasteiger partial charge in [0.05, 0.1) is 6.54 Å². The molecule has 92 valence electrons. The molecule has 0 unspecified atom stereocenters. The molecule has 0 aliphatic heterocycles. The smallest absolute Gasteiger partial charge is 0.117 e. The Balaban J connectivity index is 2.29. The highest BCUT2D eigenvalue weighted by Gasteiger charge is 2.18.